The van der Waals surface area contributed by atoms with Crippen molar-refractivity contribution in [2.45, 2.75) is 41.9 Å². The molecule has 0 radical (unpaired) electrons. The van der Waals surface area contributed by atoms with Gasteiger partial charge in [0.2, 0.25) is 9.84 Å². The first-order valence-corrected chi connectivity index (χ1v) is 9.92. The maximum atomic E-state index is 12.9. The van der Waals surface area contributed by atoms with E-state index in [4.69, 9.17) is 16.3 Å². The highest BCUT2D eigenvalue weighted by atomic mass is 35.5. The molecule has 0 amide bonds. The quantitative estimate of drug-likeness (QED) is 0.687. The fraction of sp³-hybridized carbons (Fsp3) is 0.333. The summed E-state index contributed by atoms with van der Waals surface area (Å²) in [5, 5.41) is 0.553. The van der Waals surface area contributed by atoms with E-state index in [1.807, 2.05) is 0 Å². The van der Waals surface area contributed by atoms with Gasteiger partial charge in [0.05, 0.1) is 16.6 Å². The maximum Gasteiger partial charge on any atom is 0.416 e. The van der Waals surface area contributed by atoms with Gasteiger partial charge in [-0.25, -0.2) is 8.42 Å². The average Bonchev–Trinajstić information content (AvgIpc) is 2.62. The Morgan fingerprint density at radius 3 is 2.38 bits per heavy atom. The molecule has 0 saturated carbocycles. The molecule has 1 heterocycles. The van der Waals surface area contributed by atoms with Gasteiger partial charge in [-0.3, -0.25) is 0 Å². The molecule has 2 aromatic carbocycles. The molecule has 0 spiro atoms. The minimum Gasteiger partial charge on any atom is -0.354 e. The van der Waals surface area contributed by atoms with Crippen LogP contribution >= 0.6 is 11.6 Å². The molecule has 0 bridgehead atoms. The van der Waals surface area contributed by atoms with Crippen molar-refractivity contribution >= 4 is 21.4 Å². The van der Waals surface area contributed by atoms with E-state index in [0.29, 0.717) is 23.9 Å². The van der Waals surface area contributed by atoms with Gasteiger partial charge in [0, 0.05) is 5.02 Å². The van der Waals surface area contributed by atoms with Crippen LogP contribution in [-0.4, -0.2) is 13.9 Å². The Hall–Kier alpha value is -1.57. The summed E-state index contributed by atoms with van der Waals surface area (Å²) in [5.41, 5.74) is -1.39. The van der Waals surface area contributed by atoms with Crippen molar-refractivity contribution in [2.24, 2.45) is 0 Å². The summed E-state index contributed by atoms with van der Waals surface area (Å²) in [4.78, 5) is -0.380. The number of ether oxygens (including phenoxy) is 1. The largest absolute Gasteiger partial charge is 0.416 e. The SMILES string of the molecule is O=S(=O)(c1cccc(C(F)(F)F)c1)C1CCCC(c2ccc(Cl)cc2)O1. The van der Waals surface area contributed by atoms with Crippen LogP contribution in [-0.2, 0) is 20.8 Å². The van der Waals surface area contributed by atoms with Gasteiger partial charge in [-0.2, -0.15) is 13.2 Å². The number of rotatable bonds is 3. The number of benzene rings is 2. The van der Waals surface area contributed by atoms with E-state index >= 15 is 0 Å². The summed E-state index contributed by atoms with van der Waals surface area (Å²) in [6.45, 7) is 0. The molecule has 2 aromatic rings. The smallest absolute Gasteiger partial charge is 0.354 e. The van der Waals surface area contributed by atoms with Crippen LogP contribution in [0.25, 0.3) is 0 Å². The highest BCUT2D eigenvalue weighted by molar-refractivity contribution is 7.91. The Kier molecular flexibility index (Phi) is 5.33. The number of alkyl halides is 3. The van der Waals surface area contributed by atoms with Gasteiger partial charge < -0.3 is 4.74 Å². The third kappa shape index (κ3) is 4.05. The van der Waals surface area contributed by atoms with E-state index in [1.165, 1.54) is 6.07 Å². The standard InChI is InChI=1S/C18H16ClF3O3S/c19-14-9-7-12(8-10-14)16-5-2-6-17(25-16)26(23,24)15-4-1-3-13(11-15)18(20,21)22/h1,3-4,7-11,16-17H,2,5-6H2. The zero-order valence-corrected chi connectivity index (χ0v) is 15.1. The van der Waals surface area contributed by atoms with Gasteiger partial charge >= 0.3 is 6.18 Å². The number of hydrogen-bond donors (Lipinski definition) is 0. The number of sulfone groups is 1. The zero-order valence-electron chi connectivity index (χ0n) is 13.5. The minimum absolute atomic E-state index is 0.239. The Morgan fingerprint density at radius 1 is 1.04 bits per heavy atom. The Morgan fingerprint density at radius 2 is 1.73 bits per heavy atom. The second-order valence-corrected chi connectivity index (χ2v) is 8.63. The van der Waals surface area contributed by atoms with E-state index in [0.717, 1.165) is 17.7 Å². The van der Waals surface area contributed by atoms with E-state index in [2.05, 4.69) is 0 Å². The molecule has 1 saturated heterocycles. The highest BCUT2D eigenvalue weighted by Gasteiger charge is 2.36. The van der Waals surface area contributed by atoms with Crippen LogP contribution in [0.5, 0.6) is 0 Å². The molecular weight excluding hydrogens is 389 g/mol. The van der Waals surface area contributed by atoms with Crippen LogP contribution < -0.4 is 0 Å². The van der Waals surface area contributed by atoms with Gasteiger partial charge in [-0.05, 0) is 55.2 Å². The Balaban J connectivity index is 1.86. The van der Waals surface area contributed by atoms with E-state index in [-0.39, 0.29) is 11.3 Å². The number of hydrogen-bond acceptors (Lipinski definition) is 3. The molecular formula is C18H16ClF3O3S. The average molecular weight is 405 g/mol. The molecule has 1 aliphatic rings. The van der Waals surface area contributed by atoms with Crippen LogP contribution in [0, 0.1) is 0 Å². The van der Waals surface area contributed by atoms with Crippen molar-refractivity contribution in [1.82, 2.24) is 0 Å². The molecule has 26 heavy (non-hydrogen) atoms. The lowest BCUT2D eigenvalue weighted by Gasteiger charge is -2.30. The van der Waals surface area contributed by atoms with Crippen molar-refractivity contribution in [3.63, 3.8) is 0 Å². The molecule has 1 aliphatic heterocycles. The molecule has 2 unspecified atom stereocenters. The van der Waals surface area contributed by atoms with Crippen LogP contribution in [0.15, 0.2) is 53.4 Å². The summed E-state index contributed by atoms with van der Waals surface area (Å²) in [6, 6.07) is 10.6. The van der Waals surface area contributed by atoms with Crippen LogP contribution in [0.2, 0.25) is 5.02 Å². The predicted molar refractivity (Wildman–Crippen MR) is 91.5 cm³/mol. The monoisotopic (exact) mass is 404 g/mol. The van der Waals surface area contributed by atoms with E-state index in [9.17, 15) is 21.6 Å². The van der Waals surface area contributed by atoms with Crippen molar-refractivity contribution in [2.75, 3.05) is 0 Å². The van der Waals surface area contributed by atoms with Gasteiger partial charge in [-0.1, -0.05) is 29.8 Å². The molecule has 0 aliphatic carbocycles. The maximum absolute atomic E-state index is 12.9. The van der Waals surface area contributed by atoms with Gasteiger partial charge in [0.25, 0.3) is 0 Å². The highest BCUT2D eigenvalue weighted by Crippen LogP contribution is 2.37. The second kappa shape index (κ2) is 7.21. The third-order valence-corrected chi connectivity index (χ3v) is 6.50. The molecule has 1 fully saturated rings. The summed E-state index contributed by atoms with van der Waals surface area (Å²) in [7, 11) is -4.04. The van der Waals surface area contributed by atoms with Gasteiger partial charge in [0.15, 0.2) is 5.44 Å². The zero-order chi connectivity index (χ0) is 18.9. The molecule has 0 aromatic heterocycles. The lowest BCUT2D eigenvalue weighted by atomic mass is 10.0. The lowest BCUT2D eigenvalue weighted by molar-refractivity contribution is -0.137. The minimum atomic E-state index is -4.61. The molecule has 3 nitrogen and oxygen atoms in total. The van der Waals surface area contributed by atoms with Crippen LogP contribution in [0.3, 0.4) is 0 Å². The Bertz CT molecular complexity index is 879. The molecule has 2 atom stereocenters. The van der Waals surface area contributed by atoms with E-state index < -0.39 is 33.1 Å². The van der Waals surface area contributed by atoms with E-state index in [1.54, 1.807) is 24.3 Å². The molecule has 3 rings (SSSR count). The Labute approximate surface area is 154 Å². The topological polar surface area (TPSA) is 43.4 Å². The molecule has 8 heteroatoms. The lowest BCUT2D eigenvalue weighted by Crippen LogP contribution is -2.30. The first kappa shape index (κ1) is 19.2. The fourth-order valence-corrected chi connectivity index (χ4v) is 4.69. The van der Waals surface area contributed by atoms with Gasteiger partial charge in [0.1, 0.15) is 0 Å². The van der Waals surface area contributed by atoms with Crippen molar-refractivity contribution in [3.8, 4) is 0 Å². The third-order valence-electron chi connectivity index (χ3n) is 4.30. The normalized spacial score (nSPS) is 21.5. The van der Waals surface area contributed by atoms with Gasteiger partial charge in [-0.15, -0.1) is 0 Å². The van der Waals surface area contributed by atoms with Crippen molar-refractivity contribution < 1.29 is 26.3 Å². The second-order valence-electron chi connectivity index (χ2n) is 6.11. The first-order valence-electron chi connectivity index (χ1n) is 8.00. The van der Waals surface area contributed by atoms with Crippen LogP contribution in [0.4, 0.5) is 13.2 Å². The summed E-state index contributed by atoms with van der Waals surface area (Å²) in [5.74, 6) is 0. The number of halogens is 4. The summed E-state index contributed by atoms with van der Waals surface area (Å²) in [6.07, 6.45) is -3.58. The molecule has 0 N–H and O–H groups in total. The summed E-state index contributed by atoms with van der Waals surface area (Å²) < 4.78 is 69.9. The van der Waals surface area contributed by atoms with Crippen molar-refractivity contribution in [1.29, 1.82) is 0 Å². The predicted octanol–water partition coefficient (Wildman–Crippen LogP) is 5.40. The fourth-order valence-electron chi connectivity index (χ4n) is 2.94. The van der Waals surface area contributed by atoms with Crippen molar-refractivity contribution in [3.05, 3.63) is 64.7 Å². The molecule has 140 valence electrons. The summed E-state index contributed by atoms with van der Waals surface area (Å²) >= 11 is 5.85. The van der Waals surface area contributed by atoms with Crippen LogP contribution in [0.1, 0.15) is 36.5 Å². The first-order chi connectivity index (χ1) is 12.2.